The molecular formula is C27H39N9O8. The number of fused-ring (bicyclic) bond motifs is 1. The summed E-state index contributed by atoms with van der Waals surface area (Å²) in [5.41, 5.74) is 23.5. The van der Waals surface area contributed by atoms with Crippen LogP contribution in [0.15, 0.2) is 35.5 Å². The smallest absolute Gasteiger partial charge is 0.326 e. The highest BCUT2D eigenvalue weighted by Crippen LogP contribution is 2.19. The van der Waals surface area contributed by atoms with Gasteiger partial charge in [-0.2, -0.15) is 0 Å². The van der Waals surface area contributed by atoms with Gasteiger partial charge < -0.3 is 54.1 Å². The number of para-hydroxylation sites is 1. The Kier molecular flexibility index (Phi) is 13.6. The fourth-order valence-electron chi connectivity index (χ4n) is 4.31. The number of benzene rings is 1. The number of carbonyl (C=O) groups is 6. The lowest BCUT2D eigenvalue weighted by Gasteiger charge is -2.25. The van der Waals surface area contributed by atoms with E-state index < -0.39 is 66.2 Å². The van der Waals surface area contributed by atoms with Crippen molar-refractivity contribution in [2.75, 3.05) is 6.54 Å². The van der Waals surface area contributed by atoms with Gasteiger partial charge in [0.25, 0.3) is 0 Å². The van der Waals surface area contributed by atoms with Gasteiger partial charge in [0.1, 0.15) is 18.1 Å². The lowest BCUT2D eigenvalue weighted by atomic mass is 10.0. The zero-order valence-electron chi connectivity index (χ0n) is 24.0. The SMILES string of the molecule is NC(=O)CCC(NC(=O)C(CCCN=C(N)N)NC(=O)C(CCC(=O)O)NC(=O)C(N)Cc1c[nH]c2ccccc12)C(=O)O. The Morgan fingerprint density at radius 1 is 0.818 bits per heavy atom. The van der Waals surface area contributed by atoms with Crippen molar-refractivity contribution in [1.29, 1.82) is 0 Å². The number of rotatable bonds is 19. The maximum atomic E-state index is 13.3. The molecule has 0 bridgehead atoms. The molecule has 240 valence electrons. The minimum atomic E-state index is -1.49. The molecule has 0 saturated carbocycles. The number of carboxylic acids is 2. The van der Waals surface area contributed by atoms with E-state index in [1.54, 1.807) is 6.20 Å². The molecular weight excluding hydrogens is 578 g/mol. The van der Waals surface area contributed by atoms with Gasteiger partial charge in [-0.1, -0.05) is 18.2 Å². The van der Waals surface area contributed by atoms with E-state index in [1.807, 2.05) is 24.3 Å². The number of hydrogen-bond acceptors (Lipinski definition) is 8. The number of aliphatic carboxylic acids is 2. The fourth-order valence-corrected chi connectivity index (χ4v) is 4.31. The number of carboxylic acid groups (broad SMARTS) is 2. The molecule has 0 aliphatic heterocycles. The number of H-pyrrole nitrogens is 1. The average molecular weight is 618 g/mol. The van der Waals surface area contributed by atoms with Crippen LogP contribution in [-0.4, -0.2) is 87.4 Å². The number of nitrogens with two attached hydrogens (primary N) is 4. The molecule has 0 fully saturated rings. The van der Waals surface area contributed by atoms with Crippen LogP contribution in [0.1, 0.15) is 44.1 Å². The molecule has 0 aliphatic carbocycles. The molecule has 44 heavy (non-hydrogen) atoms. The highest BCUT2D eigenvalue weighted by Gasteiger charge is 2.31. The molecule has 2 rings (SSSR count). The molecule has 0 saturated heterocycles. The molecule has 4 amide bonds. The molecule has 1 heterocycles. The van der Waals surface area contributed by atoms with Crippen molar-refractivity contribution in [1.82, 2.24) is 20.9 Å². The van der Waals surface area contributed by atoms with Gasteiger partial charge in [0.05, 0.1) is 6.04 Å². The van der Waals surface area contributed by atoms with E-state index in [9.17, 15) is 39.0 Å². The second-order valence-corrected chi connectivity index (χ2v) is 10.1. The summed E-state index contributed by atoms with van der Waals surface area (Å²) in [5.74, 6) is -6.16. The van der Waals surface area contributed by atoms with Crippen LogP contribution in [0.2, 0.25) is 0 Å². The van der Waals surface area contributed by atoms with Gasteiger partial charge in [-0.05, 0) is 43.7 Å². The van der Waals surface area contributed by atoms with Crippen molar-refractivity contribution in [2.24, 2.45) is 27.9 Å². The summed E-state index contributed by atoms with van der Waals surface area (Å²) in [4.78, 5) is 80.3. The highest BCUT2D eigenvalue weighted by atomic mass is 16.4. The topological polar surface area (TPSA) is 311 Å². The first kappa shape index (κ1) is 35.0. The number of aliphatic imine (C=N–C) groups is 1. The van der Waals surface area contributed by atoms with E-state index in [4.69, 9.17) is 22.9 Å². The largest absolute Gasteiger partial charge is 0.481 e. The van der Waals surface area contributed by atoms with E-state index in [1.165, 1.54) is 0 Å². The summed E-state index contributed by atoms with van der Waals surface area (Å²) < 4.78 is 0. The van der Waals surface area contributed by atoms with Gasteiger partial charge in [0, 0.05) is 36.5 Å². The molecule has 2 aromatic rings. The molecule has 17 nitrogen and oxygen atoms in total. The third-order valence-corrected chi connectivity index (χ3v) is 6.60. The van der Waals surface area contributed by atoms with Crippen LogP contribution in [0.4, 0.5) is 0 Å². The maximum Gasteiger partial charge on any atom is 0.326 e. The Hall–Kier alpha value is -5.19. The van der Waals surface area contributed by atoms with Crippen LogP contribution in [0, 0.1) is 0 Å². The van der Waals surface area contributed by atoms with Crippen molar-refractivity contribution >= 4 is 52.4 Å². The van der Waals surface area contributed by atoms with Gasteiger partial charge in [-0.15, -0.1) is 0 Å². The molecule has 0 radical (unpaired) electrons. The monoisotopic (exact) mass is 617 g/mol. The second kappa shape index (κ2) is 17.1. The number of aromatic amines is 1. The van der Waals surface area contributed by atoms with E-state index in [-0.39, 0.29) is 51.0 Å². The normalized spacial score (nSPS) is 13.6. The predicted molar refractivity (Wildman–Crippen MR) is 159 cm³/mol. The summed E-state index contributed by atoms with van der Waals surface area (Å²) in [6.07, 6.45) is 0.508. The third-order valence-electron chi connectivity index (χ3n) is 6.60. The van der Waals surface area contributed by atoms with Gasteiger partial charge >= 0.3 is 11.9 Å². The quantitative estimate of drug-likeness (QED) is 0.0456. The van der Waals surface area contributed by atoms with E-state index in [2.05, 4.69) is 25.9 Å². The highest BCUT2D eigenvalue weighted by molar-refractivity contribution is 5.94. The van der Waals surface area contributed by atoms with Crippen molar-refractivity contribution in [3.63, 3.8) is 0 Å². The van der Waals surface area contributed by atoms with E-state index >= 15 is 0 Å². The summed E-state index contributed by atoms with van der Waals surface area (Å²) >= 11 is 0. The van der Waals surface area contributed by atoms with E-state index in [0.29, 0.717) is 0 Å². The standard InChI is InChI=1S/C27H39N9O8/c28-16(12-14-13-33-17-5-2-1-4-15(14)17)23(40)34-19(8-10-22(38)39)25(42)35-18(6-3-11-32-27(30)31)24(41)36-20(26(43)44)7-9-21(29)37/h1-2,4-5,13,16,18-20,33H,3,6-12,28H2,(H2,29,37)(H,34,40)(H,35,42)(H,36,41)(H,38,39)(H,43,44)(H4,30,31,32). The summed E-state index contributed by atoms with van der Waals surface area (Å²) in [6, 6.07) is 2.07. The Morgan fingerprint density at radius 3 is 2.02 bits per heavy atom. The van der Waals surface area contributed by atoms with Crippen LogP contribution >= 0.6 is 0 Å². The number of hydrogen-bond donors (Lipinski definition) is 10. The fraction of sp³-hybridized carbons (Fsp3) is 0.444. The van der Waals surface area contributed by atoms with Gasteiger partial charge in [-0.3, -0.25) is 29.0 Å². The van der Waals surface area contributed by atoms with E-state index in [0.717, 1.165) is 16.5 Å². The first-order chi connectivity index (χ1) is 20.8. The van der Waals surface area contributed by atoms with Crippen LogP contribution in [0.5, 0.6) is 0 Å². The predicted octanol–water partition coefficient (Wildman–Crippen LogP) is -2.24. The number of nitrogens with one attached hydrogen (secondary N) is 4. The number of nitrogens with zero attached hydrogens (tertiary/aromatic N) is 1. The first-order valence-corrected chi connectivity index (χ1v) is 13.8. The molecule has 4 unspecified atom stereocenters. The Labute approximate surface area is 252 Å². The molecule has 4 atom stereocenters. The van der Waals surface area contributed by atoms with Crippen molar-refractivity contribution in [3.05, 3.63) is 36.0 Å². The third kappa shape index (κ3) is 11.6. The minimum Gasteiger partial charge on any atom is -0.481 e. The maximum absolute atomic E-state index is 13.3. The summed E-state index contributed by atoms with van der Waals surface area (Å²) in [6.45, 7) is 0.0773. The van der Waals surface area contributed by atoms with Gasteiger partial charge in [-0.25, -0.2) is 4.79 Å². The summed E-state index contributed by atoms with van der Waals surface area (Å²) in [7, 11) is 0. The van der Waals surface area contributed by atoms with Crippen LogP contribution in [0.25, 0.3) is 10.9 Å². The van der Waals surface area contributed by atoms with Gasteiger partial charge in [0.15, 0.2) is 5.96 Å². The molecule has 0 aliphatic rings. The Morgan fingerprint density at radius 2 is 1.41 bits per heavy atom. The summed E-state index contributed by atoms with van der Waals surface area (Å²) in [5, 5.41) is 26.7. The molecule has 17 heteroatoms. The second-order valence-electron chi connectivity index (χ2n) is 10.1. The van der Waals surface area contributed by atoms with Crippen molar-refractivity contribution in [3.8, 4) is 0 Å². The van der Waals surface area contributed by atoms with Crippen LogP contribution in [0.3, 0.4) is 0 Å². The van der Waals surface area contributed by atoms with Gasteiger partial charge in [0.2, 0.25) is 23.6 Å². The van der Waals surface area contributed by atoms with Crippen molar-refractivity contribution in [2.45, 2.75) is 69.1 Å². The number of guanidine groups is 1. The number of primary amides is 1. The number of aromatic nitrogens is 1. The Balaban J connectivity index is 2.19. The van der Waals surface area contributed by atoms with Crippen LogP contribution < -0.4 is 38.9 Å². The molecule has 1 aromatic heterocycles. The molecule has 1 aromatic carbocycles. The molecule has 0 spiro atoms. The lowest BCUT2D eigenvalue weighted by Crippen LogP contribution is -2.57. The Bertz CT molecular complexity index is 1370. The average Bonchev–Trinajstić information content (AvgIpc) is 3.36. The lowest BCUT2D eigenvalue weighted by molar-refractivity contribution is -0.142. The number of amides is 4. The molecule has 14 N–H and O–H groups in total. The zero-order chi connectivity index (χ0) is 32.8. The van der Waals surface area contributed by atoms with Crippen LogP contribution in [-0.2, 0) is 35.2 Å². The first-order valence-electron chi connectivity index (χ1n) is 13.8. The zero-order valence-corrected chi connectivity index (χ0v) is 24.0. The van der Waals surface area contributed by atoms with Crippen molar-refractivity contribution < 1.29 is 39.0 Å². The minimum absolute atomic E-state index is 0.0593. The number of carbonyl (C=O) groups excluding carboxylic acids is 4.